The van der Waals surface area contributed by atoms with Crippen LogP contribution in [-0.2, 0) is 6.42 Å². The number of ether oxygens (including phenoxy) is 1. The zero-order chi connectivity index (χ0) is 12.8. The van der Waals surface area contributed by atoms with E-state index in [9.17, 15) is 0 Å². The van der Waals surface area contributed by atoms with Gasteiger partial charge < -0.3 is 10.1 Å². The molecule has 2 rings (SSSR count). The van der Waals surface area contributed by atoms with Gasteiger partial charge in [0.1, 0.15) is 11.6 Å². The molecule has 0 radical (unpaired) electrons. The van der Waals surface area contributed by atoms with Crippen LogP contribution in [0.1, 0.15) is 45.4 Å². The van der Waals surface area contributed by atoms with Gasteiger partial charge in [0.05, 0.1) is 6.61 Å². The number of rotatable bonds is 8. The van der Waals surface area contributed by atoms with E-state index in [2.05, 4.69) is 29.1 Å². The SMILES string of the molecule is CCCNc1cc(OCC2CC2)nc(CCC)n1. The smallest absolute Gasteiger partial charge is 0.218 e. The Morgan fingerprint density at radius 3 is 2.78 bits per heavy atom. The van der Waals surface area contributed by atoms with E-state index in [-0.39, 0.29) is 0 Å². The van der Waals surface area contributed by atoms with E-state index >= 15 is 0 Å². The molecule has 0 saturated heterocycles. The van der Waals surface area contributed by atoms with Crippen molar-refractivity contribution in [2.45, 2.75) is 46.0 Å². The molecule has 1 heterocycles. The van der Waals surface area contributed by atoms with Crippen molar-refractivity contribution in [3.63, 3.8) is 0 Å². The van der Waals surface area contributed by atoms with Crippen LogP contribution in [0.4, 0.5) is 5.82 Å². The maximum atomic E-state index is 5.75. The minimum absolute atomic E-state index is 0.721. The third-order valence-corrected chi connectivity index (χ3v) is 2.94. The maximum Gasteiger partial charge on any atom is 0.218 e. The van der Waals surface area contributed by atoms with Crippen molar-refractivity contribution in [1.82, 2.24) is 9.97 Å². The largest absolute Gasteiger partial charge is 0.477 e. The first-order valence-corrected chi connectivity index (χ1v) is 7.06. The van der Waals surface area contributed by atoms with Gasteiger partial charge in [0, 0.05) is 19.0 Å². The molecule has 100 valence electrons. The summed E-state index contributed by atoms with van der Waals surface area (Å²) in [6.45, 7) is 6.02. The third-order valence-electron chi connectivity index (χ3n) is 2.94. The first kappa shape index (κ1) is 13.1. The van der Waals surface area contributed by atoms with Crippen molar-refractivity contribution in [3.8, 4) is 5.88 Å². The predicted octanol–water partition coefficient (Wildman–Crippen LogP) is 3.04. The van der Waals surface area contributed by atoms with Crippen molar-refractivity contribution < 1.29 is 4.74 Å². The monoisotopic (exact) mass is 249 g/mol. The van der Waals surface area contributed by atoms with Gasteiger partial charge in [0.2, 0.25) is 5.88 Å². The molecular formula is C14H23N3O. The predicted molar refractivity (Wildman–Crippen MR) is 73.0 cm³/mol. The highest BCUT2D eigenvalue weighted by Crippen LogP contribution is 2.29. The molecule has 0 atom stereocenters. The van der Waals surface area contributed by atoms with E-state index in [1.54, 1.807) is 0 Å². The standard InChI is InChI=1S/C14H23N3O/c1-3-5-12-16-13(15-8-4-2)9-14(17-12)18-10-11-6-7-11/h9,11H,3-8,10H2,1-2H3,(H,15,16,17). The van der Waals surface area contributed by atoms with Crippen LogP contribution in [-0.4, -0.2) is 23.1 Å². The molecule has 0 unspecified atom stereocenters. The van der Waals surface area contributed by atoms with Crippen LogP contribution in [0.2, 0.25) is 0 Å². The van der Waals surface area contributed by atoms with E-state index in [1.807, 2.05) is 6.07 Å². The third kappa shape index (κ3) is 4.17. The summed E-state index contributed by atoms with van der Waals surface area (Å²) in [5.41, 5.74) is 0. The summed E-state index contributed by atoms with van der Waals surface area (Å²) in [7, 11) is 0. The molecule has 4 heteroatoms. The number of hydrogen-bond acceptors (Lipinski definition) is 4. The summed E-state index contributed by atoms with van der Waals surface area (Å²) in [5, 5.41) is 3.31. The lowest BCUT2D eigenvalue weighted by Crippen LogP contribution is -2.08. The van der Waals surface area contributed by atoms with Crippen LogP contribution < -0.4 is 10.1 Å². The molecule has 1 aliphatic carbocycles. The molecule has 1 aliphatic rings. The van der Waals surface area contributed by atoms with Crippen molar-refractivity contribution in [2.75, 3.05) is 18.5 Å². The Morgan fingerprint density at radius 2 is 2.11 bits per heavy atom. The van der Waals surface area contributed by atoms with Gasteiger partial charge in [-0.2, -0.15) is 4.98 Å². The Balaban J connectivity index is 2.01. The van der Waals surface area contributed by atoms with E-state index in [0.29, 0.717) is 0 Å². The van der Waals surface area contributed by atoms with Gasteiger partial charge in [-0.1, -0.05) is 13.8 Å². The van der Waals surface area contributed by atoms with Gasteiger partial charge in [-0.05, 0) is 31.6 Å². The molecule has 4 nitrogen and oxygen atoms in total. The molecule has 18 heavy (non-hydrogen) atoms. The Kier molecular flexibility index (Phi) is 4.79. The molecule has 1 saturated carbocycles. The number of hydrogen-bond donors (Lipinski definition) is 1. The fourth-order valence-electron chi connectivity index (χ4n) is 1.71. The molecule has 1 fully saturated rings. The minimum Gasteiger partial charge on any atom is -0.477 e. The van der Waals surface area contributed by atoms with Crippen molar-refractivity contribution >= 4 is 5.82 Å². The molecular weight excluding hydrogens is 226 g/mol. The number of nitrogens with zero attached hydrogens (tertiary/aromatic N) is 2. The molecule has 1 N–H and O–H groups in total. The Morgan fingerprint density at radius 1 is 1.28 bits per heavy atom. The summed E-state index contributed by atoms with van der Waals surface area (Å²) in [6.07, 6.45) is 5.65. The highest BCUT2D eigenvalue weighted by atomic mass is 16.5. The van der Waals surface area contributed by atoms with E-state index < -0.39 is 0 Å². The van der Waals surface area contributed by atoms with Gasteiger partial charge in [0.25, 0.3) is 0 Å². The van der Waals surface area contributed by atoms with Gasteiger partial charge in [-0.3, -0.25) is 0 Å². The van der Waals surface area contributed by atoms with Gasteiger partial charge >= 0.3 is 0 Å². The zero-order valence-corrected chi connectivity index (χ0v) is 11.4. The van der Waals surface area contributed by atoms with Gasteiger partial charge in [0.15, 0.2) is 0 Å². The second-order valence-electron chi connectivity index (χ2n) is 4.94. The summed E-state index contributed by atoms with van der Waals surface area (Å²) in [6, 6.07) is 1.91. The van der Waals surface area contributed by atoms with Crippen LogP contribution in [0, 0.1) is 5.92 Å². The molecule has 0 aromatic carbocycles. The second-order valence-corrected chi connectivity index (χ2v) is 4.94. The fraction of sp³-hybridized carbons (Fsp3) is 0.714. The first-order chi connectivity index (χ1) is 8.81. The van der Waals surface area contributed by atoms with Crippen LogP contribution in [0.15, 0.2) is 6.07 Å². The summed E-state index contributed by atoms with van der Waals surface area (Å²) < 4.78 is 5.75. The quantitative estimate of drug-likeness (QED) is 0.769. The molecule has 1 aromatic rings. The van der Waals surface area contributed by atoms with Crippen molar-refractivity contribution in [1.29, 1.82) is 0 Å². The lowest BCUT2D eigenvalue weighted by atomic mass is 10.3. The van der Waals surface area contributed by atoms with Crippen molar-refractivity contribution in [2.24, 2.45) is 5.92 Å². The molecule has 0 amide bonds. The highest BCUT2D eigenvalue weighted by molar-refractivity contribution is 5.38. The van der Waals surface area contributed by atoms with Gasteiger partial charge in [-0.25, -0.2) is 4.98 Å². The van der Waals surface area contributed by atoms with Crippen LogP contribution in [0.3, 0.4) is 0 Å². The number of aryl methyl sites for hydroxylation is 1. The van der Waals surface area contributed by atoms with E-state index in [4.69, 9.17) is 4.74 Å². The molecule has 0 aliphatic heterocycles. The van der Waals surface area contributed by atoms with E-state index in [1.165, 1.54) is 12.8 Å². The molecule has 0 spiro atoms. The van der Waals surface area contributed by atoms with Gasteiger partial charge in [-0.15, -0.1) is 0 Å². The van der Waals surface area contributed by atoms with Crippen LogP contribution >= 0.6 is 0 Å². The number of nitrogens with one attached hydrogen (secondary N) is 1. The normalized spacial score (nSPS) is 14.6. The summed E-state index contributed by atoms with van der Waals surface area (Å²) in [4.78, 5) is 8.96. The average Bonchev–Trinajstić information content (AvgIpc) is 3.18. The lowest BCUT2D eigenvalue weighted by Gasteiger charge is -2.10. The topological polar surface area (TPSA) is 47.0 Å². The van der Waals surface area contributed by atoms with Crippen LogP contribution in [0.5, 0.6) is 5.88 Å². The summed E-state index contributed by atoms with van der Waals surface area (Å²) in [5.74, 6) is 3.24. The Hall–Kier alpha value is -1.32. The number of aromatic nitrogens is 2. The fourth-order valence-corrected chi connectivity index (χ4v) is 1.71. The second kappa shape index (κ2) is 6.57. The first-order valence-electron chi connectivity index (χ1n) is 7.06. The highest BCUT2D eigenvalue weighted by Gasteiger charge is 2.22. The van der Waals surface area contributed by atoms with Crippen LogP contribution in [0.25, 0.3) is 0 Å². The zero-order valence-electron chi connectivity index (χ0n) is 11.4. The molecule has 1 aromatic heterocycles. The number of anilines is 1. The maximum absolute atomic E-state index is 5.75. The van der Waals surface area contributed by atoms with Crippen molar-refractivity contribution in [3.05, 3.63) is 11.9 Å². The summed E-state index contributed by atoms with van der Waals surface area (Å²) >= 11 is 0. The minimum atomic E-state index is 0.721. The lowest BCUT2D eigenvalue weighted by molar-refractivity contribution is 0.287. The Bertz CT molecular complexity index is 377. The van der Waals surface area contributed by atoms with E-state index in [0.717, 1.165) is 55.9 Å². The molecule has 0 bridgehead atoms. The Labute approximate surface area is 109 Å². The average molecular weight is 249 g/mol.